The Morgan fingerprint density at radius 3 is 0.880 bits per heavy atom. The minimum Gasteiger partial charge on any atom is -0.462 e. The molecular weight excluding hydrogens is 925 g/mol. The van der Waals surface area contributed by atoms with E-state index in [2.05, 4.69) is 106 Å². The molecule has 1 atom stereocenters. The van der Waals surface area contributed by atoms with Gasteiger partial charge < -0.3 is 14.2 Å². The van der Waals surface area contributed by atoms with E-state index >= 15 is 0 Å². The smallest absolute Gasteiger partial charge is 0.306 e. The van der Waals surface area contributed by atoms with Crippen LogP contribution in [-0.4, -0.2) is 37.2 Å². The van der Waals surface area contributed by atoms with Crippen molar-refractivity contribution in [2.75, 3.05) is 13.2 Å². The van der Waals surface area contributed by atoms with Gasteiger partial charge in [-0.05, 0) is 109 Å². The highest BCUT2D eigenvalue weighted by Crippen LogP contribution is 2.16. The maximum atomic E-state index is 12.9. The fourth-order valence-corrected chi connectivity index (χ4v) is 9.06. The summed E-state index contributed by atoms with van der Waals surface area (Å²) in [6.45, 7) is 6.47. The average molecular weight is 1050 g/mol. The molecule has 0 N–H and O–H groups in total. The zero-order valence-electron chi connectivity index (χ0n) is 49.6. The first-order valence-electron chi connectivity index (χ1n) is 32.1. The molecule has 0 spiro atoms. The predicted molar refractivity (Wildman–Crippen MR) is 325 cm³/mol. The number of esters is 3. The molecule has 0 amide bonds. The number of hydrogen-bond donors (Lipinski definition) is 0. The summed E-state index contributed by atoms with van der Waals surface area (Å²) in [7, 11) is 0. The van der Waals surface area contributed by atoms with Gasteiger partial charge in [-0.25, -0.2) is 0 Å². The third-order valence-electron chi connectivity index (χ3n) is 13.8. The Hall–Kier alpha value is -3.41. The maximum absolute atomic E-state index is 12.9. The van der Waals surface area contributed by atoms with E-state index in [1.807, 2.05) is 0 Å². The van der Waals surface area contributed by atoms with Crippen molar-refractivity contribution in [1.82, 2.24) is 0 Å². The molecule has 0 saturated heterocycles. The molecule has 0 fully saturated rings. The van der Waals surface area contributed by atoms with E-state index in [9.17, 15) is 14.4 Å². The Morgan fingerprint density at radius 1 is 0.280 bits per heavy atom. The standard InChI is InChI=1S/C69H120O6/c1-4-7-10-13-16-19-22-25-27-29-30-31-32-33-34-35-36-37-38-40-41-44-47-50-53-56-59-62-68(71)74-65-66(64-73-67(70)61-58-55-52-49-46-43-24-21-18-15-12-9-6-3)75-69(72)63-60-57-54-51-48-45-42-39-28-26-23-20-17-14-11-8-5-2/h7,10,12,15-16,19,21,24-28,30-31,66H,4-6,8-9,11,13-14,17-18,20,22-23,29,32-65H2,1-3H3/b10-7-,15-12-,19-16-,24-21-,27-25-,28-26-,31-30-. The van der Waals surface area contributed by atoms with Gasteiger partial charge >= 0.3 is 17.9 Å². The van der Waals surface area contributed by atoms with Crippen molar-refractivity contribution in [2.45, 2.75) is 322 Å². The molecule has 0 aromatic rings. The highest BCUT2D eigenvalue weighted by Gasteiger charge is 2.19. The van der Waals surface area contributed by atoms with Gasteiger partial charge in [0.15, 0.2) is 6.10 Å². The lowest BCUT2D eigenvalue weighted by Crippen LogP contribution is -2.30. The lowest BCUT2D eigenvalue weighted by atomic mass is 10.0. The number of rotatable bonds is 58. The molecule has 0 aliphatic heterocycles. The largest absolute Gasteiger partial charge is 0.462 e. The number of ether oxygens (including phenoxy) is 3. The fraction of sp³-hybridized carbons (Fsp3) is 0.754. The summed E-state index contributed by atoms with van der Waals surface area (Å²) in [5.74, 6) is -0.889. The molecule has 6 heteroatoms. The van der Waals surface area contributed by atoms with E-state index in [1.165, 1.54) is 167 Å². The minimum atomic E-state index is -0.785. The van der Waals surface area contributed by atoms with E-state index < -0.39 is 6.10 Å². The SMILES string of the molecule is CC/C=C\C/C=C\C/C=C\C/C=C\CCCCCCCCCCCCCCCCC(=O)OCC(COC(=O)CCCCCCC/C=C\C/C=C\CCC)OC(=O)CCCCCCCCC/C=C\CCCCCCCC. The second kappa shape index (κ2) is 63.1. The quantitative estimate of drug-likeness (QED) is 0.0261. The zero-order valence-corrected chi connectivity index (χ0v) is 49.6. The first-order valence-corrected chi connectivity index (χ1v) is 32.1. The highest BCUT2D eigenvalue weighted by molar-refractivity contribution is 5.71. The number of allylic oxidation sites excluding steroid dienone is 14. The van der Waals surface area contributed by atoms with Crippen LogP contribution in [0.15, 0.2) is 85.1 Å². The van der Waals surface area contributed by atoms with Crippen LogP contribution >= 0.6 is 0 Å². The van der Waals surface area contributed by atoms with Gasteiger partial charge in [-0.15, -0.1) is 0 Å². The van der Waals surface area contributed by atoms with Gasteiger partial charge in [-0.2, -0.15) is 0 Å². The first-order chi connectivity index (χ1) is 37.0. The lowest BCUT2D eigenvalue weighted by molar-refractivity contribution is -0.167. The molecule has 0 aliphatic rings. The molecule has 1 unspecified atom stereocenters. The van der Waals surface area contributed by atoms with Gasteiger partial charge in [0, 0.05) is 19.3 Å². The Bertz CT molecular complexity index is 1430. The van der Waals surface area contributed by atoms with E-state index in [0.717, 1.165) is 109 Å². The van der Waals surface area contributed by atoms with Crippen LogP contribution in [0.5, 0.6) is 0 Å². The molecule has 0 heterocycles. The van der Waals surface area contributed by atoms with Gasteiger partial charge in [-0.3, -0.25) is 14.4 Å². The van der Waals surface area contributed by atoms with Gasteiger partial charge in [0.2, 0.25) is 0 Å². The molecule has 0 aromatic heterocycles. The van der Waals surface area contributed by atoms with Gasteiger partial charge in [-0.1, -0.05) is 273 Å². The Morgan fingerprint density at radius 2 is 0.547 bits per heavy atom. The van der Waals surface area contributed by atoms with Crippen LogP contribution in [0.2, 0.25) is 0 Å². The number of carbonyl (C=O) groups excluding carboxylic acids is 3. The van der Waals surface area contributed by atoms with Crippen LogP contribution in [0.3, 0.4) is 0 Å². The summed E-state index contributed by atoms with van der Waals surface area (Å²) in [6, 6.07) is 0. The molecule has 0 radical (unpaired) electrons. The Labute approximate surface area is 465 Å². The first kappa shape index (κ1) is 71.6. The Balaban J connectivity index is 4.27. The molecule has 6 nitrogen and oxygen atoms in total. The van der Waals surface area contributed by atoms with Gasteiger partial charge in [0.1, 0.15) is 13.2 Å². The maximum Gasteiger partial charge on any atom is 0.306 e. The zero-order chi connectivity index (χ0) is 54.3. The van der Waals surface area contributed by atoms with Crippen molar-refractivity contribution in [3.8, 4) is 0 Å². The van der Waals surface area contributed by atoms with Crippen LogP contribution in [0.1, 0.15) is 316 Å². The van der Waals surface area contributed by atoms with Crippen molar-refractivity contribution in [2.24, 2.45) is 0 Å². The van der Waals surface area contributed by atoms with E-state index in [0.29, 0.717) is 19.3 Å². The third kappa shape index (κ3) is 61.3. The summed E-state index contributed by atoms with van der Waals surface area (Å²) >= 11 is 0. The van der Waals surface area contributed by atoms with Crippen molar-refractivity contribution in [3.05, 3.63) is 85.1 Å². The van der Waals surface area contributed by atoms with E-state index in [-0.39, 0.29) is 31.1 Å². The highest BCUT2D eigenvalue weighted by atomic mass is 16.6. The molecule has 0 aromatic carbocycles. The van der Waals surface area contributed by atoms with Gasteiger partial charge in [0.05, 0.1) is 0 Å². The molecule has 0 saturated carbocycles. The lowest BCUT2D eigenvalue weighted by Gasteiger charge is -2.18. The summed E-state index contributed by atoms with van der Waals surface area (Å²) < 4.78 is 16.9. The molecule has 0 aliphatic carbocycles. The molecule has 0 rings (SSSR count). The molecule has 0 bridgehead atoms. The normalized spacial score (nSPS) is 12.6. The predicted octanol–water partition coefficient (Wildman–Crippen LogP) is 21.9. The molecule has 432 valence electrons. The van der Waals surface area contributed by atoms with Crippen molar-refractivity contribution >= 4 is 17.9 Å². The van der Waals surface area contributed by atoms with Crippen LogP contribution < -0.4 is 0 Å². The third-order valence-corrected chi connectivity index (χ3v) is 13.8. The second-order valence-electron chi connectivity index (χ2n) is 21.3. The number of carbonyl (C=O) groups is 3. The van der Waals surface area contributed by atoms with Crippen LogP contribution in [0.25, 0.3) is 0 Å². The summed E-state index contributed by atoms with van der Waals surface area (Å²) in [4.78, 5) is 38.3. The van der Waals surface area contributed by atoms with E-state index in [4.69, 9.17) is 14.2 Å². The Kier molecular flexibility index (Phi) is 60.3. The molecular formula is C69H120O6. The van der Waals surface area contributed by atoms with E-state index in [1.54, 1.807) is 0 Å². The second-order valence-corrected chi connectivity index (χ2v) is 21.3. The molecule has 75 heavy (non-hydrogen) atoms. The summed E-state index contributed by atoms with van der Waals surface area (Å²) in [6.07, 6.45) is 83.1. The monoisotopic (exact) mass is 1040 g/mol. The van der Waals surface area contributed by atoms with Crippen molar-refractivity contribution in [1.29, 1.82) is 0 Å². The van der Waals surface area contributed by atoms with Crippen molar-refractivity contribution < 1.29 is 28.6 Å². The average Bonchev–Trinajstić information content (AvgIpc) is 3.41. The fourth-order valence-electron chi connectivity index (χ4n) is 9.06. The number of unbranched alkanes of at least 4 members (excludes halogenated alkanes) is 33. The topological polar surface area (TPSA) is 78.9 Å². The minimum absolute atomic E-state index is 0.0811. The van der Waals surface area contributed by atoms with Crippen LogP contribution in [0.4, 0.5) is 0 Å². The van der Waals surface area contributed by atoms with Gasteiger partial charge in [0.25, 0.3) is 0 Å². The van der Waals surface area contributed by atoms with Crippen LogP contribution in [-0.2, 0) is 28.6 Å². The number of hydrogen-bond acceptors (Lipinski definition) is 6. The summed E-state index contributed by atoms with van der Waals surface area (Å²) in [5, 5.41) is 0. The summed E-state index contributed by atoms with van der Waals surface area (Å²) in [5.41, 5.74) is 0. The van der Waals surface area contributed by atoms with Crippen LogP contribution in [0, 0.1) is 0 Å². The van der Waals surface area contributed by atoms with Crippen molar-refractivity contribution in [3.63, 3.8) is 0 Å².